The van der Waals surface area contributed by atoms with E-state index in [0.29, 0.717) is 6.04 Å². The van der Waals surface area contributed by atoms with Crippen molar-refractivity contribution in [3.05, 3.63) is 48.0 Å². The van der Waals surface area contributed by atoms with Crippen LogP contribution in [0.15, 0.2) is 42.5 Å². The molecule has 0 aromatic heterocycles. The van der Waals surface area contributed by atoms with Crippen LogP contribution >= 0.6 is 0 Å². The molecular weight excluding hydrogens is 248 g/mol. The van der Waals surface area contributed by atoms with Crippen LogP contribution in [0.25, 0.3) is 10.8 Å². The van der Waals surface area contributed by atoms with E-state index in [1.165, 1.54) is 16.3 Å². The number of nitrogens with one attached hydrogen (secondary N) is 1. The van der Waals surface area contributed by atoms with Gasteiger partial charge in [0.1, 0.15) is 0 Å². The number of nitrogens with zero attached hydrogens (tertiary/aromatic N) is 1. The van der Waals surface area contributed by atoms with Crippen LogP contribution < -0.4 is 5.32 Å². The van der Waals surface area contributed by atoms with E-state index in [1.54, 1.807) is 0 Å². The Bertz CT molecular complexity index is 605. The van der Waals surface area contributed by atoms with Gasteiger partial charge in [-0.2, -0.15) is 0 Å². The van der Waals surface area contributed by atoms with Gasteiger partial charge in [0.15, 0.2) is 0 Å². The highest BCUT2D eigenvalue weighted by Crippen LogP contribution is 2.25. The number of likely N-dealkylation sites (tertiary alicyclic amines) is 1. The van der Waals surface area contributed by atoms with E-state index in [9.17, 15) is 4.79 Å². The van der Waals surface area contributed by atoms with Gasteiger partial charge in [0.25, 0.3) is 0 Å². The molecule has 1 aliphatic rings. The van der Waals surface area contributed by atoms with Crippen molar-refractivity contribution in [1.29, 1.82) is 0 Å². The highest BCUT2D eigenvalue weighted by Gasteiger charge is 2.23. The van der Waals surface area contributed by atoms with Gasteiger partial charge < -0.3 is 10.2 Å². The summed E-state index contributed by atoms with van der Waals surface area (Å²) in [6.45, 7) is 3.88. The third-order valence-electron chi connectivity index (χ3n) is 4.14. The average molecular weight is 268 g/mol. The number of carbonyl (C=O) groups is 1. The molecule has 0 unspecified atom stereocenters. The van der Waals surface area contributed by atoms with Crippen LogP contribution in [-0.2, 0) is 4.79 Å². The molecule has 2 atom stereocenters. The molecule has 2 aromatic rings. The Balaban J connectivity index is 1.79. The first kappa shape index (κ1) is 13.1. The fourth-order valence-corrected chi connectivity index (χ4v) is 3.09. The van der Waals surface area contributed by atoms with Crippen LogP contribution in [0.4, 0.5) is 0 Å². The molecule has 0 spiro atoms. The predicted octanol–water partition coefficient (Wildman–Crippen LogP) is 2.72. The highest BCUT2D eigenvalue weighted by atomic mass is 16.1. The Hall–Kier alpha value is -1.87. The van der Waals surface area contributed by atoms with Crippen molar-refractivity contribution in [2.24, 2.45) is 0 Å². The molecule has 3 heteroatoms. The lowest BCUT2D eigenvalue weighted by Gasteiger charge is -2.21. The Kier molecular flexibility index (Phi) is 3.70. The van der Waals surface area contributed by atoms with Gasteiger partial charge in [-0.15, -0.1) is 0 Å². The minimum absolute atomic E-state index is 0.290. The van der Waals surface area contributed by atoms with Crippen LogP contribution in [0.3, 0.4) is 0 Å². The van der Waals surface area contributed by atoms with Gasteiger partial charge in [0.05, 0.1) is 0 Å². The number of carbonyl (C=O) groups excluding carboxylic acids is 1. The van der Waals surface area contributed by atoms with E-state index in [2.05, 4.69) is 54.7 Å². The fraction of sp³-hybridized carbons (Fsp3) is 0.353. The van der Waals surface area contributed by atoms with Crippen molar-refractivity contribution < 1.29 is 4.79 Å². The monoisotopic (exact) mass is 268 g/mol. The second-order valence-corrected chi connectivity index (χ2v) is 5.54. The maximum Gasteiger partial charge on any atom is 0.209 e. The normalized spacial score (nSPS) is 20.2. The number of fused-ring (bicyclic) bond motifs is 1. The van der Waals surface area contributed by atoms with E-state index >= 15 is 0 Å². The van der Waals surface area contributed by atoms with Crippen molar-refractivity contribution in [2.75, 3.05) is 13.1 Å². The molecule has 20 heavy (non-hydrogen) atoms. The largest absolute Gasteiger partial charge is 0.344 e. The lowest BCUT2D eigenvalue weighted by atomic mass is 9.99. The van der Waals surface area contributed by atoms with E-state index in [1.807, 2.05) is 4.90 Å². The van der Waals surface area contributed by atoms with Crippen LogP contribution in [0.1, 0.15) is 24.9 Å². The Morgan fingerprint density at radius 1 is 1.25 bits per heavy atom. The van der Waals surface area contributed by atoms with E-state index < -0.39 is 0 Å². The maximum atomic E-state index is 10.8. The van der Waals surface area contributed by atoms with Crippen molar-refractivity contribution in [3.63, 3.8) is 0 Å². The topological polar surface area (TPSA) is 32.3 Å². The minimum Gasteiger partial charge on any atom is -0.344 e. The summed E-state index contributed by atoms with van der Waals surface area (Å²) < 4.78 is 0. The van der Waals surface area contributed by atoms with Crippen molar-refractivity contribution in [1.82, 2.24) is 10.2 Å². The molecule has 104 valence electrons. The summed E-state index contributed by atoms with van der Waals surface area (Å²) in [5, 5.41) is 6.23. The quantitative estimate of drug-likeness (QED) is 0.865. The molecule has 2 aromatic carbocycles. The highest BCUT2D eigenvalue weighted by molar-refractivity contribution is 5.86. The van der Waals surface area contributed by atoms with Gasteiger partial charge in [0, 0.05) is 25.2 Å². The lowest BCUT2D eigenvalue weighted by Crippen LogP contribution is -2.34. The molecule has 1 saturated heterocycles. The molecule has 3 rings (SSSR count). The SMILES string of the molecule is C[C@@H](N[C@H]1CCN(C=O)C1)c1cccc2ccccc12. The molecule has 1 heterocycles. The fourth-order valence-electron chi connectivity index (χ4n) is 3.09. The lowest BCUT2D eigenvalue weighted by molar-refractivity contribution is -0.117. The van der Waals surface area contributed by atoms with Crippen molar-refractivity contribution >= 4 is 17.2 Å². The summed E-state index contributed by atoms with van der Waals surface area (Å²) in [4.78, 5) is 12.6. The summed E-state index contributed by atoms with van der Waals surface area (Å²) in [7, 11) is 0. The Morgan fingerprint density at radius 3 is 2.85 bits per heavy atom. The van der Waals surface area contributed by atoms with Crippen LogP contribution in [0.2, 0.25) is 0 Å². The van der Waals surface area contributed by atoms with Crippen LogP contribution in [0.5, 0.6) is 0 Å². The maximum absolute atomic E-state index is 10.8. The minimum atomic E-state index is 0.290. The molecule has 0 aliphatic carbocycles. The van der Waals surface area contributed by atoms with E-state index in [4.69, 9.17) is 0 Å². The molecule has 0 radical (unpaired) electrons. The first-order valence-corrected chi connectivity index (χ1v) is 7.21. The Labute approximate surface area is 119 Å². The second-order valence-electron chi connectivity index (χ2n) is 5.54. The van der Waals surface area contributed by atoms with Gasteiger partial charge in [-0.25, -0.2) is 0 Å². The first-order valence-electron chi connectivity index (χ1n) is 7.21. The summed E-state index contributed by atoms with van der Waals surface area (Å²) in [6.07, 6.45) is 1.98. The van der Waals surface area contributed by atoms with Crippen molar-refractivity contribution in [2.45, 2.75) is 25.4 Å². The zero-order valence-electron chi connectivity index (χ0n) is 11.8. The van der Waals surface area contributed by atoms with Gasteiger partial charge >= 0.3 is 0 Å². The third kappa shape index (κ3) is 2.54. The molecular formula is C17H20N2O. The summed E-state index contributed by atoms with van der Waals surface area (Å²) in [5.74, 6) is 0. The van der Waals surface area contributed by atoms with Crippen LogP contribution in [0, 0.1) is 0 Å². The summed E-state index contributed by atoms with van der Waals surface area (Å²) >= 11 is 0. The second kappa shape index (κ2) is 5.63. The van der Waals surface area contributed by atoms with Gasteiger partial charge in [0.2, 0.25) is 6.41 Å². The van der Waals surface area contributed by atoms with E-state index in [0.717, 1.165) is 25.9 Å². The number of hydrogen-bond donors (Lipinski definition) is 1. The molecule has 1 amide bonds. The molecule has 1 aliphatic heterocycles. The zero-order valence-corrected chi connectivity index (χ0v) is 11.8. The molecule has 1 N–H and O–H groups in total. The molecule has 0 saturated carbocycles. The number of benzene rings is 2. The molecule has 0 bridgehead atoms. The smallest absolute Gasteiger partial charge is 0.209 e. The summed E-state index contributed by atoms with van der Waals surface area (Å²) in [5.41, 5.74) is 1.33. The standard InChI is InChI=1S/C17H20N2O/c1-13(18-15-9-10-19(11-15)12-20)16-8-4-6-14-5-2-3-7-17(14)16/h2-8,12-13,15,18H,9-11H2,1H3/t13-,15+/m1/s1. The Morgan fingerprint density at radius 2 is 2.05 bits per heavy atom. The predicted molar refractivity (Wildman–Crippen MR) is 81.5 cm³/mol. The number of amides is 1. The number of hydrogen-bond acceptors (Lipinski definition) is 2. The molecule has 3 nitrogen and oxygen atoms in total. The van der Waals surface area contributed by atoms with Gasteiger partial charge in [-0.05, 0) is 29.7 Å². The summed E-state index contributed by atoms with van der Waals surface area (Å²) in [6, 6.07) is 15.6. The molecule has 1 fully saturated rings. The van der Waals surface area contributed by atoms with E-state index in [-0.39, 0.29) is 6.04 Å². The zero-order chi connectivity index (χ0) is 13.9. The van der Waals surface area contributed by atoms with Gasteiger partial charge in [-0.1, -0.05) is 42.5 Å². The average Bonchev–Trinajstić information content (AvgIpc) is 2.94. The van der Waals surface area contributed by atoms with Crippen molar-refractivity contribution in [3.8, 4) is 0 Å². The third-order valence-corrected chi connectivity index (χ3v) is 4.14. The first-order chi connectivity index (χ1) is 9.78. The van der Waals surface area contributed by atoms with Gasteiger partial charge in [-0.3, -0.25) is 4.79 Å². The van der Waals surface area contributed by atoms with Crippen LogP contribution in [-0.4, -0.2) is 30.4 Å². The number of rotatable bonds is 4.